The van der Waals surface area contributed by atoms with Gasteiger partial charge in [-0.25, -0.2) is 0 Å². The van der Waals surface area contributed by atoms with Crippen molar-refractivity contribution in [1.82, 2.24) is 15.1 Å². The number of carbonyl (C=O) groups is 2. The highest BCUT2D eigenvalue weighted by molar-refractivity contribution is 5.77. The van der Waals surface area contributed by atoms with Crippen molar-refractivity contribution in [3.05, 3.63) is 0 Å². The molecule has 2 heterocycles. The Morgan fingerprint density at radius 1 is 0.897 bits per heavy atom. The van der Waals surface area contributed by atoms with E-state index in [4.69, 9.17) is 0 Å². The predicted octanol–water partition coefficient (Wildman–Crippen LogP) is 1.42. The summed E-state index contributed by atoms with van der Waals surface area (Å²) in [6.45, 7) is 5.17. The van der Waals surface area contributed by atoms with Crippen molar-refractivity contribution in [3.8, 4) is 0 Å². The number of nitrogens with one attached hydrogen (secondary N) is 1. The van der Waals surface area contributed by atoms with Crippen LogP contribution in [0.4, 0.5) is 0 Å². The highest BCUT2D eigenvalue weighted by Crippen LogP contribution is 2.32. The number of piperidine rings is 1. The second-order valence-corrected chi connectivity index (χ2v) is 9.67. The van der Waals surface area contributed by atoms with Gasteiger partial charge in [0.1, 0.15) is 0 Å². The van der Waals surface area contributed by atoms with E-state index in [1.54, 1.807) is 6.92 Å². The standard InChI is InChI=1S/C22H39N3O4/c1-18(26)23-19-6-13-24(14-7-19)17-22(29)10-5-12-25(15-11-22)20(27)16-21(28)8-3-2-4-9-21/h19,28-29H,2-17H2,1H3,(H,23,26)/t22-/m1/s1. The molecule has 2 aliphatic heterocycles. The Hall–Kier alpha value is -1.18. The van der Waals surface area contributed by atoms with Gasteiger partial charge in [-0.2, -0.15) is 0 Å². The molecule has 3 rings (SSSR count). The second kappa shape index (κ2) is 9.75. The van der Waals surface area contributed by atoms with E-state index < -0.39 is 11.2 Å². The van der Waals surface area contributed by atoms with Gasteiger partial charge in [0.25, 0.3) is 0 Å². The van der Waals surface area contributed by atoms with E-state index in [-0.39, 0.29) is 24.3 Å². The number of hydrogen-bond donors (Lipinski definition) is 3. The largest absolute Gasteiger partial charge is 0.389 e. The monoisotopic (exact) mass is 409 g/mol. The Labute approximate surface area is 174 Å². The van der Waals surface area contributed by atoms with E-state index in [0.29, 0.717) is 32.5 Å². The number of carbonyl (C=O) groups excluding carboxylic acids is 2. The van der Waals surface area contributed by atoms with E-state index in [1.807, 2.05) is 4.90 Å². The summed E-state index contributed by atoms with van der Waals surface area (Å²) in [7, 11) is 0. The maximum Gasteiger partial charge on any atom is 0.225 e. The molecule has 3 N–H and O–H groups in total. The van der Waals surface area contributed by atoms with Crippen LogP contribution in [0.2, 0.25) is 0 Å². The van der Waals surface area contributed by atoms with Crippen LogP contribution in [0, 0.1) is 0 Å². The summed E-state index contributed by atoms with van der Waals surface area (Å²) < 4.78 is 0. The summed E-state index contributed by atoms with van der Waals surface area (Å²) in [5.41, 5.74) is -1.59. The molecule has 0 radical (unpaired) electrons. The average molecular weight is 410 g/mol. The van der Waals surface area contributed by atoms with Crippen LogP contribution in [-0.4, -0.2) is 81.8 Å². The summed E-state index contributed by atoms with van der Waals surface area (Å²) >= 11 is 0. The molecular formula is C22H39N3O4. The van der Waals surface area contributed by atoms with Crippen LogP contribution in [0.3, 0.4) is 0 Å². The lowest BCUT2D eigenvalue weighted by molar-refractivity contribution is -0.138. The Morgan fingerprint density at radius 2 is 1.55 bits per heavy atom. The van der Waals surface area contributed by atoms with E-state index in [1.165, 1.54) is 0 Å². The molecule has 7 nitrogen and oxygen atoms in total. The Bertz CT molecular complexity index is 570. The lowest BCUT2D eigenvalue weighted by atomic mass is 9.82. The molecule has 29 heavy (non-hydrogen) atoms. The Balaban J connectivity index is 1.46. The van der Waals surface area contributed by atoms with Gasteiger partial charge in [-0.15, -0.1) is 0 Å². The minimum atomic E-state index is -0.823. The average Bonchev–Trinajstić information content (AvgIpc) is 2.85. The van der Waals surface area contributed by atoms with Gasteiger partial charge >= 0.3 is 0 Å². The molecule has 0 aromatic heterocycles. The fourth-order valence-electron chi connectivity index (χ4n) is 5.31. The minimum Gasteiger partial charge on any atom is -0.389 e. The third-order valence-electron chi connectivity index (χ3n) is 7.05. The second-order valence-electron chi connectivity index (χ2n) is 9.67. The first-order valence-electron chi connectivity index (χ1n) is 11.5. The van der Waals surface area contributed by atoms with E-state index in [9.17, 15) is 19.8 Å². The molecule has 166 valence electrons. The smallest absolute Gasteiger partial charge is 0.225 e. The maximum atomic E-state index is 12.8. The fourth-order valence-corrected chi connectivity index (χ4v) is 5.31. The van der Waals surface area contributed by atoms with Crippen LogP contribution in [0.25, 0.3) is 0 Å². The molecule has 1 atom stereocenters. The number of amides is 2. The first kappa shape index (κ1) is 22.5. The molecule has 2 amide bonds. The van der Waals surface area contributed by atoms with Crippen LogP contribution < -0.4 is 5.32 Å². The van der Waals surface area contributed by atoms with Crippen LogP contribution in [0.1, 0.15) is 77.6 Å². The molecule has 3 aliphatic rings. The molecule has 1 saturated carbocycles. The summed E-state index contributed by atoms with van der Waals surface area (Å²) in [6.07, 6.45) is 8.74. The lowest BCUT2D eigenvalue weighted by Gasteiger charge is -2.38. The SMILES string of the molecule is CC(=O)NC1CCN(C[C@@]2(O)CCCN(C(=O)CC3(O)CCCCC3)CC2)CC1. The van der Waals surface area contributed by atoms with E-state index in [0.717, 1.165) is 64.5 Å². The zero-order valence-corrected chi connectivity index (χ0v) is 18.0. The highest BCUT2D eigenvalue weighted by atomic mass is 16.3. The molecular weight excluding hydrogens is 370 g/mol. The maximum absolute atomic E-state index is 12.8. The summed E-state index contributed by atoms with van der Waals surface area (Å²) in [4.78, 5) is 28.2. The van der Waals surface area contributed by atoms with Gasteiger partial charge in [-0.3, -0.25) is 9.59 Å². The molecule has 0 spiro atoms. The van der Waals surface area contributed by atoms with Crippen molar-refractivity contribution in [1.29, 1.82) is 0 Å². The topological polar surface area (TPSA) is 93.1 Å². The minimum absolute atomic E-state index is 0.0218. The van der Waals surface area contributed by atoms with E-state index in [2.05, 4.69) is 10.2 Å². The number of hydrogen-bond acceptors (Lipinski definition) is 5. The van der Waals surface area contributed by atoms with Crippen molar-refractivity contribution in [2.45, 2.75) is 94.8 Å². The first-order valence-corrected chi connectivity index (χ1v) is 11.5. The first-order chi connectivity index (χ1) is 13.8. The van der Waals surface area contributed by atoms with Gasteiger partial charge in [-0.1, -0.05) is 19.3 Å². The summed E-state index contributed by atoms with van der Waals surface area (Å²) in [5, 5.41) is 24.9. The normalized spacial score (nSPS) is 29.3. The van der Waals surface area contributed by atoms with Crippen LogP contribution in [0.15, 0.2) is 0 Å². The summed E-state index contributed by atoms with van der Waals surface area (Å²) in [6, 6.07) is 0.242. The number of nitrogens with zero attached hydrogens (tertiary/aromatic N) is 2. The summed E-state index contributed by atoms with van der Waals surface area (Å²) in [5.74, 6) is 0.0586. The number of β-amino-alcohol motifs (C(OH)–C–C–N with tert-alkyl or cyclic N) is 1. The molecule has 2 saturated heterocycles. The Kier molecular flexibility index (Phi) is 7.57. The third-order valence-corrected chi connectivity index (χ3v) is 7.05. The zero-order chi connectivity index (χ0) is 20.9. The molecule has 0 aromatic rings. The quantitative estimate of drug-likeness (QED) is 0.639. The predicted molar refractivity (Wildman–Crippen MR) is 111 cm³/mol. The van der Waals surface area contributed by atoms with Gasteiger partial charge in [-0.05, 0) is 44.9 Å². The van der Waals surface area contributed by atoms with Crippen LogP contribution in [0.5, 0.6) is 0 Å². The van der Waals surface area contributed by atoms with Crippen molar-refractivity contribution >= 4 is 11.8 Å². The number of aliphatic hydroxyl groups is 2. The third kappa shape index (κ3) is 6.66. The van der Waals surface area contributed by atoms with Crippen molar-refractivity contribution in [2.75, 3.05) is 32.7 Å². The highest BCUT2D eigenvalue weighted by Gasteiger charge is 2.37. The molecule has 0 unspecified atom stereocenters. The van der Waals surface area contributed by atoms with Gasteiger partial charge in [0.2, 0.25) is 11.8 Å². The molecule has 7 heteroatoms. The number of rotatable bonds is 5. The van der Waals surface area contributed by atoms with Crippen molar-refractivity contribution < 1.29 is 19.8 Å². The molecule has 0 aromatic carbocycles. The van der Waals surface area contributed by atoms with Crippen molar-refractivity contribution in [3.63, 3.8) is 0 Å². The van der Waals surface area contributed by atoms with Crippen LogP contribution in [-0.2, 0) is 9.59 Å². The molecule has 1 aliphatic carbocycles. The molecule has 0 bridgehead atoms. The molecule has 3 fully saturated rings. The lowest BCUT2D eigenvalue weighted by Crippen LogP contribution is -2.50. The van der Waals surface area contributed by atoms with Gasteiger partial charge in [0, 0.05) is 45.7 Å². The van der Waals surface area contributed by atoms with E-state index >= 15 is 0 Å². The van der Waals surface area contributed by atoms with Gasteiger partial charge in [0.05, 0.1) is 17.6 Å². The van der Waals surface area contributed by atoms with Crippen molar-refractivity contribution in [2.24, 2.45) is 0 Å². The van der Waals surface area contributed by atoms with Gasteiger partial charge in [0.15, 0.2) is 0 Å². The Morgan fingerprint density at radius 3 is 2.21 bits per heavy atom. The fraction of sp³-hybridized carbons (Fsp3) is 0.909. The zero-order valence-electron chi connectivity index (χ0n) is 18.0. The van der Waals surface area contributed by atoms with Crippen LogP contribution >= 0.6 is 0 Å². The van der Waals surface area contributed by atoms with Gasteiger partial charge < -0.3 is 25.3 Å². The number of likely N-dealkylation sites (tertiary alicyclic amines) is 2.